The first kappa shape index (κ1) is 19.6. The summed E-state index contributed by atoms with van der Waals surface area (Å²) in [4.78, 5) is 11.2. The van der Waals surface area contributed by atoms with Crippen molar-refractivity contribution >= 4 is 16.0 Å². The molecule has 0 aliphatic rings. The summed E-state index contributed by atoms with van der Waals surface area (Å²) in [5.41, 5.74) is 1.61. The highest BCUT2D eigenvalue weighted by Crippen LogP contribution is 2.28. The van der Waals surface area contributed by atoms with E-state index >= 15 is 0 Å². The van der Waals surface area contributed by atoms with E-state index in [0.29, 0.717) is 16.7 Å². The molecule has 0 fully saturated rings. The second-order valence-corrected chi connectivity index (χ2v) is 8.30. The van der Waals surface area contributed by atoms with Crippen molar-refractivity contribution in [2.24, 2.45) is 0 Å². The first-order valence-corrected chi connectivity index (χ1v) is 9.43. The van der Waals surface area contributed by atoms with Crippen molar-refractivity contribution in [2.45, 2.75) is 31.2 Å². The van der Waals surface area contributed by atoms with Gasteiger partial charge in [0, 0.05) is 13.6 Å². The highest BCUT2D eigenvalue weighted by Gasteiger charge is 2.26. The van der Waals surface area contributed by atoms with Gasteiger partial charge in [0.25, 0.3) is 0 Å². The summed E-state index contributed by atoms with van der Waals surface area (Å²) < 4.78 is 27.3. The maximum Gasteiger partial charge on any atom is 0.335 e. The zero-order valence-electron chi connectivity index (χ0n) is 14.8. The molecule has 2 aromatic rings. The molecule has 0 spiro atoms. The number of carbonyl (C=O) groups is 1. The predicted octanol–water partition coefficient (Wildman–Crippen LogP) is 3.20. The summed E-state index contributed by atoms with van der Waals surface area (Å²) in [5, 5.41) is 18.2. The van der Waals surface area contributed by atoms with Crippen LogP contribution in [0.5, 0.6) is 0 Å². The summed E-state index contributed by atoms with van der Waals surface area (Å²) >= 11 is 0. The van der Waals surface area contributed by atoms with Gasteiger partial charge in [0.1, 0.15) is 0 Å². The van der Waals surface area contributed by atoms with E-state index < -0.39 is 16.0 Å². The molecular formula is C19H20N2O4S. The Morgan fingerprint density at radius 2 is 1.92 bits per heavy atom. The van der Waals surface area contributed by atoms with Gasteiger partial charge in [-0.1, -0.05) is 32.0 Å². The molecule has 0 atom stereocenters. The number of carboxylic acid groups (broad SMARTS) is 1. The lowest BCUT2D eigenvalue weighted by atomic mass is 10.0. The number of carboxylic acids is 1. The van der Waals surface area contributed by atoms with E-state index in [1.54, 1.807) is 30.3 Å². The molecule has 0 bridgehead atoms. The van der Waals surface area contributed by atoms with Crippen molar-refractivity contribution < 1.29 is 18.3 Å². The third-order valence-corrected chi connectivity index (χ3v) is 5.89. The monoisotopic (exact) mass is 372 g/mol. The van der Waals surface area contributed by atoms with E-state index in [0.717, 1.165) is 4.31 Å². The van der Waals surface area contributed by atoms with E-state index in [2.05, 4.69) is 0 Å². The van der Waals surface area contributed by atoms with Crippen LogP contribution in [0.1, 0.15) is 46.8 Å². The minimum Gasteiger partial charge on any atom is -0.478 e. The number of sulfonamides is 1. The number of hydrogen-bond donors (Lipinski definition) is 1. The minimum absolute atomic E-state index is 0.00802. The van der Waals surface area contributed by atoms with Crippen molar-refractivity contribution in [1.82, 2.24) is 4.31 Å². The fraction of sp³-hybridized carbons (Fsp3) is 0.263. The summed E-state index contributed by atoms with van der Waals surface area (Å²) in [6, 6.07) is 12.9. The van der Waals surface area contributed by atoms with Gasteiger partial charge >= 0.3 is 5.97 Å². The fourth-order valence-electron chi connectivity index (χ4n) is 2.62. The summed E-state index contributed by atoms with van der Waals surface area (Å²) in [6.45, 7) is 3.78. The van der Waals surface area contributed by atoms with E-state index in [1.165, 1.54) is 19.2 Å². The molecule has 0 heterocycles. The van der Waals surface area contributed by atoms with Crippen LogP contribution in [0.25, 0.3) is 0 Å². The van der Waals surface area contributed by atoms with E-state index in [9.17, 15) is 18.3 Å². The van der Waals surface area contributed by atoms with Crippen molar-refractivity contribution in [3.63, 3.8) is 0 Å². The van der Waals surface area contributed by atoms with Crippen LogP contribution >= 0.6 is 0 Å². The van der Waals surface area contributed by atoms with Gasteiger partial charge in [-0.2, -0.15) is 9.57 Å². The van der Waals surface area contributed by atoms with Crippen LogP contribution in [0.15, 0.2) is 47.4 Å². The zero-order valence-corrected chi connectivity index (χ0v) is 15.6. The Balaban J connectivity index is 2.46. The Morgan fingerprint density at radius 1 is 1.23 bits per heavy atom. The van der Waals surface area contributed by atoms with Crippen molar-refractivity contribution in [3.8, 4) is 6.07 Å². The molecule has 0 saturated carbocycles. The topological polar surface area (TPSA) is 98.5 Å². The molecule has 0 unspecified atom stereocenters. The molecule has 2 rings (SSSR count). The molecule has 2 aromatic carbocycles. The number of nitrogens with zero attached hydrogens (tertiary/aromatic N) is 2. The standard InChI is InChI=1S/C19H20N2O4S/c1-13(2)17-8-7-16(19(22)23)10-18(17)26(24,25)21(3)12-15-6-4-5-14(9-15)11-20/h4-10,13H,12H2,1-3H3,(H,22,23). The quantitative estimate of drug-likeness (QED) is 0.839. The number of nitriles is 1. The van der Waals surface area contributed by atoms with Crippen LogP contribution < -0.4 is 0 Å². The Bertz CT molecular complexity index is 975. The van der Waals surface area contributed by atoms with Gasteiger partial charge in [-0.3, -0.25) is 0 Å². The molecule has 1 N–H and O–H groups in total. The maximum absolute atomic E-state index is 13.1. The summed E-state index contributed by atoms with van der Waals surface area (Å²) in [5.74, 6) is -1.26. The highest BCUT2D eigenvalue weighted by molar-refractivity contribution is 7.89. The number of hydrogen-bond acceptors (Lipinski definition) is 4. The predicted molar refractivity (Wildman–Crippen MR) is 97.3 cm³/mol. The third-order valence-electron chi connectivity index (χ3n) is 4.03. The van der Waals surface area contributed by atoms with Gasteiger partial charge in [0.2, 0.25) is 10.0 Å². The molecule has 0 radical (unpaired) electrons. The van der Waals surface area contributed by atoms with E-state index in [-0.39, 0.29) is 22.9 Å². The lowest BCUT2D eigenvalue weighted by molar-refractivity contribution is 0.0696. The Morgan fingerprint density at radius 3 is 2.50 bits per heavy atom. The van der Waals surface area contributed by atoms with Gasteiger partial charge < -0.3 is 5.11 Å². The number of rotatable bonds is 6. The summed E-state index contributed by atoms with van der Waals surface area (Å²) in [7, 11) is -2.46. The van der Waals surface area contributed by atoms with Gasteiger partial charge in [0.05, 0.1) is 22.1 Å². The van der Waals surface area contributed by atoms with Crippen molar-refractivity contribution in [1.29, 1.82) is 5.26 Å². The molecule has 0 aliphatic heterocycles. The normalized spacial score (nSPS) is 11.5. The maximum atomic E-state index is 13.1. The molecule has 0 aromatic heterocycles. The van der Waals surface area contributed by atoms with E-state index in [1.807, 2.05) is 19.9 Å². The molecule has 0 aliphatic carbocycles. The van der Waals surface area contributed by atoms with Gasteiger partial charge in [0.15, 0.2) is 0 Å². The van der Waals surface area contributed by atoms with Crippen LogP contribution in [0.2, 0.25) is 0 Å². The van der Waals surface area contributed by atoms with E-state index in [4.69, 9.17) is 5.26 Å². The first-order chi connectivity index (χ1) is 12.2. The Hall–Kier alpha value is -2.69. The molecule has 136 valence electrons. The molecule has 6 nitrogen and oxygen atoms in total. The first-order valence-electron chi connectivity index (χ1n) is 7.99. The lowest BCUT2D eigenvalue weighted by Crippen LogP contribution is -2.28. The van der Waals surface area contributed by atoms with Crippen LogP contribution in [0.3, 0.4) is 0 Å². The number of benzene rings is 2. The van der Waals surface area contributed by atoms with Gasteiger partial charge in [-0.25, -0.2) is 13.2 Å². The zero-order chi connectivity index (χ0) is 19.5. The van der Waals surface area contributed by atoms with Gasteiger partial charge in [-0.15, -0.1) is 0 Å². The molecule has 7 heteroatoms. The average Bonchev–Trinajstić information content (AvgIpc) is 2.61. The Kier molecular flexibility index (Phi) is 5.80. The fourth-order valence-corrected chi connectivity index (χ4v) is 4.15. The minimum atomic E-state index is -3.90. The second kappa shape index (κ2) is 7.68. The lowest BCUT2D eigenvalue weighted by Gasteiger charge is -2.21. The molecule has 0 amide bonds. The number of aromatic carboxylic acids is 1. The smallest absolute Gasteiger partial charge is 0.335 e. The Labute approximate surface area is 153 Å². The molecule has 26 heavy (non-hydrogen) atoms. The molecular weight excluding hydrogens is 352 g/mol. The SMILES string of the molecule is CC(C)c1ccc(C(=O)O)cc1S(=O)(=O)N(C)Cc1cccc(C#N)c1. The largest absolute Gasteiger partial charge is 0.478 e. The molecule has 0 saturated heterocycles. The van der Waals surface area contributed by atoms with Crippen molar-refractivity contribution in [3.05, 3.63) is 64.7 Å². The van der Waals surface area contributed by atoms with Crippen LogP contribution in [0, 0.1) is 11.3 Å². The summed E-state index contributed by atoms with van der Waals surface area (Å²) in [6.07, 6.45) is 0. The van der Waals surface area contributed by atoms with Crippen LogP contribution in [0.4, 0.5) is 0 Å². The van der Waals surface area contributed by atoms with Crippen LogP contribution in [-0.4, -0.2) is 30.8 Å². The average molecular weight is 372 g/mol. The van der Waals surface area contributed by atoms with Crippen LogP contribution in [-0.2, 0) is 16.6 Å². The second-order valence-electron chi connectivity index (χ2n) is 6.29. The highest BCUT2D eigenvalue weighted by atomic mass is 32.2. The van der Waals surface area contributed by atoms with Gasteiger partial charge in [-0.05, 0) is 41.3 Å². The van der Waals surface area contributed by atoms with Crippen molar-refractivity contribution in [2.75, 3.05) is 7.05 Å². The third kappa shape index (κ3) is 4.10.